The van der Waals surface area contributed by atoms with E-state index in [1.165, 1.54) is 0 Å². The highest BCUT2D eigenvalue weighted by Gasteiger charge is 2.20. The van der Waals surface area contributed by atoms with Crippen LogP contribution in [0, 0.1) is 0 Å². The van der Waals surface area contributed by atoms with Crippen LogP contribution in [0.2, 0.25) is 5.02 Å². The standard InChI is InChI=1S/C16H12BrClO3/c17-11-5-4-10(13(18)9-11)8-14(19)12-2-1-3-15-16(12)21-7-6-20-15/h1-5,9H,6-8H2. The molecule has 0 N–H and O–H groups in total. The number of rotatable bonds is 3. The molecule has 0 aromatic heterocycles. The van der Waals surface area contributed by atoms with Crippen LogP contribution in [0.25, 0.3) is 0 Å². The highest BCUT2D eigenvalue weighted by molar-refractivity contribution is 9.10. The molecule has 0 bridgehead atoms. The molecule has 0 atom stereocenters. The second kappa shape index (κ2) is 6.08. The third-order valence-corrected chi connectivity index (χ3v) is 4.08. The maximum absolute atomic E-state index is 12.5. The summed E-state index contributed by atoms with van der Waals surface area (Å²) in [4.78, 5) is 12.5. The second-order valence-electron chi connectivity index (χ2n) is 4.67. The lowest BCUT2D eigenvalue weighted by atomic mass is 10.0. The van der Waals surface area contributed by atoms with Crippen molar-refractivity contribution in [1.29, 1.82) is 0 Å². The molecule has 3 nitrogen and oxygen atoms in total. The van der Waals surface area contributed by atoms with Crippen molar-refractivity contribution in [1.82, 2.24) is 0 Å². The molecule has 0 aliphatic carbocycles. The number of ether oxygens (including phenoxy) is 2. The van der Waals surface area contributed by atoms with Crippen molar-refractivity contribution in [2.45, 2.75) is 6.42 Å². The van der Waals surface area contributed by atoms with Crippen LogP contribution in [-0.4, -0.2) is 19.0 Å². The van der Waals surface area contributed by atoms with Gasteiger partial charge in [0.05, 0.1) is 5.56 Å². The molecule has 1 aliphatic rings. The molecule has 108 valence electrons. The zero-order valence-corrected chi connectivity index (χ0v) is 13.4. The van der Waals surface area contributed by atoms with Crippen molar-refractivity contribution in [3.05, 3.63) is 57.0 Å². The third-order valence-electron chi connectivity index (χ3n) is 3.23. The van der Waals surface area contributed by atoms with Gasteiger partial charge in [-0.15, -0.1) is 0 Å². The molecule has 21 heavy (non-hydrogen) atoms. The van der Waals surface area contributed by atoms with E-state index in [2.05, 4.69) is 15.9 Å². The summed E-state index contributed by atoms with van der Waals surface area (Å²) in [5.74, 6) is 1.11. The summed E-state index contributed by atoms with van der Waals surface area (Å²) in [7, 11) is 0. The van der Waals surface area contributed by atoms with Gasteiger partial charge in [-0.05, 0) is 29.8 Å². The van der Waals surface area contributed by atoms with Gasteiger partial charge in [-0.25, -0.2) is 0 Å². The molecule has 1 aliphatic heterocycles. The van der Waals surface area contributed by atoms with E-state index in [0.29, 0.717) is 35.3 Å². The maximum Gasteiger partial charge on any atom is 0.172 e. The molecule has 2 aromatic carbocycles. The van der Waals surface area contributed by atoms with Gasteiger partial charge in [-0.3, -0.25) is 4.79 Å². The first kappa shape index (κ1) is 14.4. The van der Waals surface area contributed by atoms with Gasteiger partial charge in [-0.2, -0.15) is 0 Å². The average molecular weight is 368 g/mol. The number of ketones is 1. The fourth-order valence-electron chi connectivity index (χ4n) is 2.23. The molecule has 0 saturated carbocycles. The van der Waals surface area contributed by atoms with Crippen molar-refractivity contribution < 1.29 is 14.3 Å². The number of hydrogen-bond donors (Lipinski definition) is 0. The number of carbonyl (C=O) groups is 1. The van der Waals surface area contributed by atoms with Crippen LogP contribution in [0.4, 0.5) is 0 Å². The third kappa shape index (κ3) is 3.06. The first-order chi connectivity index (χ1) is 10.1. The minimum atomic E-state index is -0.0402. The summed E-state index contributed by atoms with van der Waals surface area (Å²) in [6, 6.07) is 10.8. The monoisotopic (exact) mass is 366 g/mol. The van der Waals surface area contributed by atoms with E-state index in [4.69, 9.17) is 21.1 Å². The number of fused-ring (bicyclic) bond motifs is 1. The Balaban J connectivity index is 1.89. The fraction of sp³-hybridized carbons (Fsp3) is 0.188. The van der Waals surface area contributed by atoms with E-state index >= 15 is 0 Å². The predicted octanol–water partition coefficient (Wildman–Crippen LogP) is 4.30. The summed E-state index contributed by atoms with van der Waals surface area (Å²) >= 11 is 9.52. The minimum absolute atomic E-state index is 0.0402. The van der Waals surface area contributed by atoms with Gasteiger partial charge in [0.25, 0.3) is 0 Å². The first-order valence-corrected chi connectivity index (χ1v) is 7.68. The lowest BCUT2D eigenvalue weighted by Crippen LogP contribution is -2.18. The zero-order chi connectivity index (χ0) is 14.8. The first-order valence-electron chi connectivity index (χ1n) is 6.51. The highest BCUT2D eigenvalue weighted by Crippen LogP contribution is 2.34. The Morgan fingerprint density at radius 1 is 1.19 bits per heavy atom. The van der Waals surface area contributed by atoms with E-state index in [9.17, 15) is 4.79 Å². The SMILES string of the molecule is O=C(Cc1ccc(Br)cc1Cl)c1cccc2c1OCCO2. The smallest absolute Gasteiger partial charge is 0.172 e. The summed E-state index contributed by atoms with van der Waals surface area (Å²) < 4.78 is 12.0. The largest absolute Gasteiger partial charge is 0.486 e. The molecule has 3 rings (SSSR count). The van der Waals surface area contributed by atoms with Crippen LogP contribution in [-0.2, 0) is 6.42 Å². The van der Waals surface area contributed by atoms with E-state index in [1.54, 1.807) is 24.3 Å². The molecule has 0 radical (unpaired) electrons. The quantitative estimate of drug-likeness (QED) is 0.759. The molecule has 2 aromatic rings. The van der Waals surface area contributed by atoms with Crippen LogP contribution in [0.5, 0.6) is 11.5 Å². The number of halogens is 2. The number of para-hydroxylation sites is 1. The van der Waals surface area contributed by atoms with Crippen molar-refractivity contribution >= 4 is 33.3 Å². The Morgan fingerprint density at radius 2 is 2.00 bits per heavy atom. The molecule has 0 spiro atoms. The predicted molar refractivity (Wildman–Crippen MR) is 84.6 cm³/mol. The van der Waals surface area contributed by atoms with Gasteiger partial charge >= 0.3 is 0 Å². The summed E-state index contributed by atoms with van der Waals surface area (Å²) in [5, 5.41) is 0.569. The van der Waals surface area contributed by atoms with E-state index < -0.39 is 0 Å². The van der Waals surface area contributed by atoms with Gasteiger partial charge < -0.3 is 9.47 Å². The Morgan fingerprint density at radius 3 is 2.81 bits per heavy atom. The lowest BCUT2D eigenvalue weighted by Gasteiger charge is -2.20. The second-order valence-corrected chi connectivity index (χ2v) is 5.99. The van der Waals surface area contributed by atoms with Gasteiger partial charge in [0.15, 0.2) is 17.3 Å². The minimum Gasteiger partial charge on any atom is -0.486 e. The molecule has 0 fully saturated rings. The van der Waals surface area contributed by atoms with Crippen LogP contribution >= 0.6 is 27.5 Å². The molecule has 0 amide bonds. The van der Waals surface area contributed by atoms with Crippen molar-refractivity contribution in [2.75, 3.05) is 13.2 Å². The van der Waals surface area contributed by atoms with Gasteiger partial charge in [0.1, 0.15) is 13.2 Å². The van der Waals surface area contributed by atoms with Crippen LogP contribution in [0.15, 0.2) is 40.9 Å². The summed E-state index contributed by atoms with van der Waals surface area (Å²) in [5.41, 5.74) is 1.32. The van der Waals surface area contributed by atoms with Crippen LogP contribution in [0.1, 0.15) is 15.9 Å². The Hall–Kier alpha value is -1.52. The van der Waals surface area contributed by atoms with Crippen molar-refractivity contribution in [2.24, 2.45) is 0 Å². The number of carbonyl (C=O) groups excluding carboxylic acids is 1. The molecule has 0 saturated heterocycles. The number of hydrogen-bond acceptors (Lipinski definition) is 3. The topological polar surface area (TPSA) is 35.5 Å². The molecule has 0 unspecified atom stereocenters. The number of Topliss-reactive ketones (excluding diaryl/α,β-unsaturated/α-hetero) is 1. The summed E-state index contributed by atoms with van der Waals surface area (Å²) in [6.45, 7) is 0.958. The normalized spacial score (nSPS) is 13.0. The van der Waals surface area contributed by atoms with E-state index in [-0.39, 0.29) is 12.2 Å². The molecule has 5 heteroatoms. The Kier molecular flexibility index (Phi) is 4.17. The maximum atomic E-state index is 12.5. The molecular weight excluding hydrogens is 356 g/mol. The number of benzene rings is 2. The summed E-state index contributed by atoms with van der Waals surface area (Å²) in [6.07, 6.45) is 0.228. The van der Waals surface area contributed by atoms with Gasteiger partial charge in [0.2, 0.25) is 0 Å². The van der Waals surface area contributed by atoms with Gasteiger partial charge in [-0.1, -0.05) is 39.7 Å². The van der Waals surface area contributed by atoms with E-state index in [0.717, 1.165) is 10.0 Å². The molecule has 1 heterocycles. The van der Waals surface area contributed by atoms with Crippen molar-refractivity contribution in [3.8, 4) is 11.5 Å². The van der Waals surface area contributed by atoms with Crippen molar-refractivity contribution in [3.63, 3.8) is 0 Å². The molecular formula is C16H12BrClO3. The fourth-order valence-corrected chi connectivity index (χ4v) is 2.97. The van der Waals surface area contributed by atoms with Crippen LogP contribution in [0.3, 0.4) is 0 Å². The Bertz CT molecular complexity index is 700. The average Bonchev–Trinajstić information content (AvgIpc) is 2.49. The highest BCUT2D eigenvalue weighted by atomic mass is 79.9. The lowest BCUT2D eigenvalue weighted by molar-refractivity contribution is 0.0982. The Labute approximate surface area is 136 Å². The zero-order valence-electron chi connectivity index (χ0n) is 11.1. The van der Waals surface area contributed by atoms with E-state index in [1.807, 2.05) is 12.1 Å². The van der Waals surface area contributed by atoms with Crippen LogP contribution < -0.4 is 9.47 Å². The van der Waals surface area contributed by atoms with Gasteiger partial charge in [0, 0.05) is 15.9 Å².